The Bertz CT molecular complexity index is 997. The Morgan fingerprint density at radius 1 is 0.906 bits per heavy atom. The van der Waals surface area contributed by atoms with Gasteiger partial charge in [-0.1, -0.05) is 44.0 Å². The summed E-state index contributed by atoms with van der Waals surface area (Å²) in [6.07, 6.45) is 4.62. The number of amides is 2. The van der Waals surface area contributed by atoms with E-state index in [0.29, 0.717) is 42.2 Å². The maximum atomic E-state index is 13.5. The fourth-order valence-electron chi connectivity index (χ4n) is 4.37. The lowest BCUT2D eigenvalue weighted by Gasteiger charge is -2.37. The van der Waals surface area contributed by atoms with E-state index in [1.54, 1.807) is 13.3 Å². The summed E-state index contributed by atoms with van der Waals surface area (Å²) < 4.78 is 5.53. The molecule has 32 heavy (non-hydrogen) atoms. The van der Waals surface area contributed by atoms with Crippen LogP contribution in [0, 0.1) is 0 Å². The first-order chi connectivity index (χ1) is 15.7. The van der Waals surface area contributed by atoms with Gasteiger partial charge in [-0.2, -0.15) is 0 Å². The van der Waals surface area contributed by atoms with E-state index >= 15 is 0 Å². The number of imide groups is 1. The van der Waals surface area contributed by atoms with Crippen molar-refractivity contribution in [3.05, 3.63) is 59.9 Å². The molecule has 2 aliphatic rings. The van der Waals surface area contributed by atoms with Crippen molar-refractivity contribution in [3.63, 3.8) is 0 Å². The first kappa shape index (κ1) is 21.9. The zero-order valence-corrected chi connectivity index (χ0v) is 18.8. The Hall–Kier alpha value is -3.35. The first-order valence-electron chi connectivity index (χ1n) is 11.3. The van der Waals surface area contributed by atoms with Crippen molar-refractivity contribution in [2.45, 2.75) is 26.2 Å². The van der Waals surface area contributed by atoms with Gasteiger partial charge >= 0.3 is 0 Å². The van der Waals surface area contributed by atoms with Crippen LogP contribution in [0.3, 0.4) is 0 Å². The second kappa shape index (κ2) is 9.85. The lowest BCUT2D eigenvalue weighted by atomic mass is 10.0. The average Bonchev–Trinajstić information content (AvgIpc) is 3.09. The van der Waals surface area contributed by atoms with Crippen molar-refractivity contribution in [2.75, 3.05) is 44.7 Å². The second-order valence-corrected chi connectivity index (χ2v) is 8.05. The van der Waals surface area contributed by atoms with Crippen LogP contribution in [0.4, 0.5) is 5.82 Å². The number of piperazine rings is 1. The van der Waals surface area contributed by atoms with E-state index in [0.717, 1.165) is 38.2 Å². The van der Waals surface area contributed by atoms with Crippen LogP contribution in [0.1, 0.15) is 31.7 Å². The molecule has 4 rings (SSSR count). The number of aromatic nitrogens is 1. The second-order valence-electron chi connectivity index (χ2n) is 8.05. The van der Waals surface area contributed by atoms with Crippen molar-refractivity contribution in [1.29, 1.82) is 0 Å². The monoisotopic (exact) mass is 434 g/mol. The Kier molecular flexibility index (Phi) is 6.73. The van der Waals surface area contributed by atoms with E-state index in [-0.39, 0.29) is 11.8 Å². The van der Waals surface area contributed by atoms with Gasteiger partial charge < -0.3 is 14.5 Å². The third-order valence-corrected chi connectivity index (χ3v) is 6.07. The summed E-state index contributed by atoms with van der Waals surface area (Å²) in [5.74, 6) is 1.11. The number of unbranched alkanes of at least 4 members (excludes halogenated alkanes) is 2. The minimum absolute atomic E-state index is 0.196. The number of anilines is 1. The average molecular weight is 435 g/mol. The SMILES string of the molecule is CCCCCN1C(=O)C(c2ccccc2OC)=C(N2CCN(c3ccccn3)CC2)C1=O. The highest BCUT2D eigenvalue weighted by Gasteiger charge is 2.42. The predicted octanol–water partition coefficient (Wildman–Crippen LogP) is 3.18. The van der Waals surface area contributed by atoms with E-state index in [4.69, 9.17) is 4.74 Å². The lowest BCUT2D eigenvalue weighted by molar-refractivity contribution is -0.137. The normalized spacial score (nSPS) is 16.9. The summed E-state index contributed by atoms with van der Waals surface area (Å²) in [5, 5.41) is 0. The molecule has 1 aromatic heterocycles. The number of nitrogens with zero attached hydrogens (tertiary/aromatic N) is 4. The number of hydrogen-bond donors (Lipinski definition) is 0. The molecule has 7 heteroatoms. The van der Waals surface area contributed by atoms with Crippen molar-refractivity contribution in [1.82, 2.24) is 14.8 Å². The standard InChI is InChI=1S/C25H30N4O3/c1-3-4-9-14-29-24(30)22(19-10-5-6-11-20(19)32-2)23(25(29)31)28-17-15-27(16-18-28)21-12-7-8-13-26-21/h5-8,10-13H,3-4,9,14-18H2,1-2H3. The molecule has 1 fully saturated rings. The van der Waals surface area contributed by atoms with Gasteiger partial charge in [0.1, 0.15) is 17.3 Å². The van der Waals surface area contributed by atoms with E-state index in [2.05, 4.69) is 21.7 Å². The fourth-order valence-corrected chi connectivity index (χ4v) is 4.37. The van der Waals surface area contributed by atoms with Gasteiger partial charge in [-0.05, 0) is 24.6 Å². The van der Waals surface area contributed by atoms with Crippen LogP contribution in [0.15, 0.2) is 54.4 Å². The summed E-state index contributed by atoms with van der Waals surface area (Å²) >= 11 is 0. The molecule has 168 valence electrons. The van der Waals surface area contributed by atoms with Gasteiger partial charge in [0.25, 0.3) is 11.8 Å². The van der Waals surface area contributed by atoms with Crippen LogP contribution in [0.5, 0.6) is 5.75 Å². The number of ether oxygens (including phenoxy) is 1. The number of carbonyl (C=O) groups is 2. The molecule has 0 aliphatic carbocycles. The molecule has 0 N–H and O–H groups in total. The number of carbonyl (C=O) groups excluding carboxylic acids is 2. The smallest absolute Gasteiger partial charge is 0.277 e. The van der Waals surface area contributed by atoms with E-state index in [1.807, 2.05) is 42.5 Å². The van der Waals surface area contributed by atoms with E-state index in [1.165, 1.54) is 4.90 Å². The molecular formula is C25H30N4O3. The molecule has 0 saturated carbocycles. The number of hydrogen-bond acceptors (Lipinski definition) is 6. The molecule has 0 radical (unpaired) electrons. The number of rotatable bonds is 8. The van der Waals surface area contributed by atoms with Crippen LogP contribution >= 0.6 is 0 Å². The lowest BCUT2D eigenvalue weighted by Crippen LogP contribution is -2.48. The highest BCUT2D eigenvalue weighted by Crippen LogP contribution is 2.36. The highest BCUT2D eigenvalue weighted by atomic mass is 16.5. The van der Waals surface area contributed by atoms with Crippen molar-refractivity contribution in [3.8, 4) is 5.75 Å². The molecular weight excluding hydrogens is 404 g/mol. The van der Waals surface area contributed by atoms with Gasteiger partial charge in [-0.15, -0.1) is 0 Å². The first-order valence-corrected chi connectivity index (χ1v) is 11.3. The number of methoxy groups -OCH3 is 1. The minimum Gasteiger partial charge on any atom is -0.496 e. The number of para-hydroxylation sites is 1. The molecule has 7 nitrogen and oxygen atoms in total. The largest absolute Gasteiger partial charge is 0.496 e. The summed E-state index contributed by atoms with van der Waals surface area (Å²) in [7, 11) is 1.59. The van der Waals surface area contributed by atoms with Gasteiger partial charge in [0.05, 0.1) is 12.7 Å². The van der Waals surface area contributed by atoms with Crippen molar-refractivity contribution >= 4 is 23.2 Å². The Morgan fingerprint density at radius 3 is 2.31 bits per heavy atom. The maximum absolute atomic E-state index is 13.5. The van der Waals surface area contributed by atoms with Crippen LogP contribution < -0.4 is 9.64 Å². The third-order valence-electron chi connectivity index (χ3n) is 6.07. The molecule has 1 aromatic carbocycles. The van der Waals surface area contributed by atoms with E-state index in [9.17, 15) is 9.59 Å². The maximum Gasteiger partial charge on any atom is 0.277 e. The zero-order valence-electron chi connectivity index (χ0n) is 18.8. The van der Waals surface area contributed by atoms with Gasteiger partial charge in [-0.3, -0.25) is 14.5 Å². The molecule has 2 aromatic rings. The molecule has 1 saturated heterocycles. The minimum atomic E-state index is -0.224. The molecule has 2 aliphatic heterocycles. The summed E-state index contributed by atoms with van der Waals surface area (Å²) in [6, 6.07) is 13.3. The van der Waals surface area contributed by atoms with Crippen molar-refractivity contribution in [2.24, 2.45) is 0 Å². The van der Waals surface area contributed by atoms with Gasteiger partial charge in [0.15, 0.2) is 0 Å². The summed E-state index contributed by atoms with van der Waals surface area (Å²) in [6.45, 7) is 5.31. The van der Waals surface area contributed by atoms with Gasteiger partial charge in [0, 0.05) is 44.5 Å². The molecule has 2 amide bonds. The molecule has 0 atom stereocenters. The van der Waals surface area contributed by atoms with Gasteiger partial charge in [-0.25, -0.2) is 4.98 Å². The predicted molar refractivity (Wildman–Crippen MR) is 124 cm³/mol. The molecule has 3 heterocycles. The molecule has 0 unspecified atom stereocenters. The summed E-state index contributed by atoms with van der Waals surface area (Å²) in [5.41, 5.74) is 1.63. The molecule has 0 spiro atoms. The quantitative estimate of drug-likeness (QED) is 0.470. The van der Waals surface area contributed by atoms with Gasteiger partial charge in [0.2, 0.25) is 0 Å². The van der Waals surface area contributed by atoms with Crippen molar-refractivity contribution < 1.29 is 14.3 Å². The fraction of sp³-hybridized carbons (Fsp3) is 0.400. The number of benzene rings is 1. The van der Waals surface area contributed by atoms with Crippen LogP contribution in [-0.2, 0) is 9.59 Å². The summed E-state index contributed by atoms with van der Waals surface area (Å²) in [4.78, 5) is 37.1. The Morgan fingerprint density at radius 2 is 1.62 bits per heavy atom. The topological polar surface area (TPSA) is 66.0 Å². The highest BCUT2D eigenvalue weighted by molar-refractivity contribution is 6.36. The van der Waals surface area contributed by atoms with Crippen LogP contribution in [0.2, 0.25) is 0 Å². The Labute approximate surface area is 189 Å². The zero-order chi connectivity index (χ0) is 22.5. The Balaban J connectivity index is 1.64. The molecule has 0 bridgehead atoms. The van der Waals surface area contributed by atoms with E-state index < -0.39 is 0 Å². The van der Waals surface area contributed by atoms with Crippen LogP contribution in [0.25, 0.3) is 5.57 Å². The van der Waals surface area contributed by atoms with Crippen LogP contribution in [-0.4, -0.2) is 66.4 Å². The number of pyridine rings is 1. The third kappa shape index (κ3) is 4.20.